The summed E-state index contributed by atoms with van der Waals surface area (Å²) in [5.74, 6) is 0.0856. The minimum Gasteiger partial charge on any atom is -0.393 e. The molecule has 3 atom stereocenters. The van der Waals surface area contributed by atoms with Crippen LogP contribution in [-0.2, 0) is 0 Å². The topological polar surface area (TPSA) is 46.2 Å². The number of rotatable bonds is 3. The van der Waals surface area contributed by atoms with Crippen LogP contribution < -0.4 is 5.73 Å². The second-order valence-electron chi connectivity index (χ2n) is 3.54. The first kappa shape index (κ1) is 10.2. The Labute approximate surface area is 79.4 Å². The van der Waals surface area contributed by atoms with Crippen molar-refractivity contribution in [3.8, 4) is 0 Å². The van der Waals surface area contributed by atoms with Gasteiger partial charge in [-0.3, -0.25) is 0 Å². The van der Waals surface area contributed by atoms with Crippen molar-refractivity contribution >= 4 is 0 Å². The predicted octanol–water partition coefficient (Wildman–Crippen LogP) is 1.70. The Balaban J connectivity index is 2.73. The van der Waals surface area contributed by atoms with E-state index in [1.54, 1.807) is 6.92 Å². The smallest absolute Gasteiger partial charge is 0.0555 e. The van der Waals surface area contributed by atoms with E-state index in [2.05, 4.69) is 0 Å². The van der Waals surface area contributed by atoms with Crippen LogP contribution in [0, 0.1) is 5.92 Å². The molecule has 1 aromatic rings. The molecule has 2 heteroatoms. The largest absolute Gasteiger partial charge is 0.393 e. The Bertz CT molecular complexity index is 246. The van der Waals surface area contributed by atoms with Crippen molar-refractivity contribution in [2.45, 2.75) is 26.0 Å². The summed E-state index contributed by atoms with van der Waals surface area (Å²) in [6, 6.07) is 9.78. The molecular formula is C11H17NO. The van der Waals surface area contributed by atoms with Crippen molar-refractivity contribution in [1.82, 2.24) is 0 Å². The third-order valence-electron chi connectivity index (χ3n) is 2.51. The zero-order chi connectivity index (χ0) is 9.84. The summed E-state index contributed by atoms with van der Waals surface area (Å²) in [6.45, 7) is 3.73. The molecule has 3 N–H and O–H groups in total. The number of hydrogen-bond acceptors (Lipinski definition) is 2. The van der Waals surface area contributed by atoms with Crippen molar-refractivity contribution in [1.29, 1.82) is 0 Å². The van der Waals surface area contributed by atoms with Gasteiger partial charge >= 0.3 is 0 Å². The minimum atomic E-state index is -0.366. The van der Waals surface area contributed by atoms with E-state index in [-0.39, 0.29) is 18.1 Å². The summed E-state index contributed by atoms with van der Waals surface area (Å²) in [6.07, 6.45) is -0.366. The first-order chi connectivity index (χ1) is 6.13. The van der Waals surface area contributed by atoms with Crippen LogP contribution in [0.2, 0.25) is 0 Å². The second kappa shape index (κ2) is 4.40. The molecule has 0 aliphatic carbocycles. The molecule has 0 aliphatic rings. The highest BCUT2D eigenvalue weighted by Crippen LogP contribution is 2.21. The lowest BCUT2D eigenvalue weighted by Crippen LogP contribution is -2.27. The van der Waals surface area contributed by atoms with E-state index in [9.17, 15) is 5.11 Å². The lowest BCUT2D eigenvalue weighted by molar-refractivity contribution is 0.120. The zero-order valence-corrected chi connectivity index (χ0v) is 8.14. The molecule has 0 saturated heterocycles. The highest BCUT2D eigenvalue weighted by Gasteiger charge is 2.18. The number of aliphatic hydroxyl groups excluding tert-OH is 1. The number of benzene rings is 1. The molecular weight excluding hydrogens is 162 g/mol. The molecule has 0 aromatic heterocycles. The molecule has 72 valence electrons. The summed E-state index contributed by atoms with van der Waals surface area (Å²) < 4.78 is 0. The lowest BCUT2D eigenvalue weighted by Gasteiger charge is -2.22. The SMILES string of the molecule is C[C@H](O)[C@H](C)C(N)c1ccccc1. The highest BCUT2D eigenvalue weighted by atomic mass is 16.3. The van der Waals surface area contributed by atoms with Gasteiger partial charge in [-0.15, -0.1) is 0 Å². The molecule has 13 heavy (non-hydrogen) atoms. The van der Waals surface area contributed by atoms with E-state index >= 15 is 0 Å². The molecule has 2 nitrogen and oxygen atoms in total. The fourth-order valence-corrected chi connectivity index (χ4v) is 1.28. The van der Waals surface area contributed by atoms with Crippen molar-refractivity contribution in [2.75, 3.05) is 0 Å². The third kappa shape index (κ3) is 2.54. The summed E-state index contributed by atoms with van der Waals surface area (Å²) in [7, 11) is 0. The highest BCUT2D eigenvalue weighted by molar-refractivity contribution is 5.19. The van der Waals surface area contributed by atoms with Gasteiger partial charge in [-0.25, -0.2) is 0 Å². The first-order valence-corrected chi connectivity index (χ1v) is 4.61. The van der Waals surface area contributed by atoms with E-state index in [1.807, 2.05) is 37.3 Å². The Hall–Kier alpha value is -0.860. The molecule has 0 heterocycles. The number of hydrogen-bond donors (Lipinski definition) is 2. The summed E-state index contributed by atoms with van der Waals surface area (Å²) >= 11 is 0. The molecule has 1 unspecified atom stereocenters. The van der Waals surface area contributed by atoms with Crippen LogP contribution in [0.5, 0.6) is 0 Å². The molecule has 0 bridgehead atoms. The van der Waals surface area contributed by atoms with E-state index in [1.165, 1.54) is 0 Å². The van der Waals surface area contributed by atoms with Gasteiger partial charge in [0.15, 0.2) is 0 Å². The van der Waals surface area contributed by atoms with Crippen molar-refractivity contribution in [3.05, 3.63) is 35.9 Å². The van der Waals surface area contributed by atoms with Gasteiger partial charge in [0, 0.05) is 12.0 Å². The fourth-order valence-electron chi connectivity index (χ4n) is 1.28. The van der Waals surface area contributed by atoms with Gasteiger partial charge in [-0.1, -0.05) is 37.3 Å². The van der Waals surface area contributed by atoms with Crippen LogP contribution in [0.4, 0.5) is 0 Å². The normalized spacial score (nSPS) is 17.8. The first-order valence-electron chi connectivity index (χ1n) is 4.61. The van der Waals surface area contributed by atoms with Crippen LogP contribution in [-0.4, -0.2) is 11.2 Å². The third-order valence-corrected chi connectivity index (χ3v) is 2.51. The molecule has 0 aliphatic heterocycles. The molecule has 0 amide bonds. The van der Waals surface area contributed by atoms with E-state index in [4.69, 9.17) is 5.73 Å². The monoisotopic (exact) mass is 179 g/mol. The second-order valence-corrected chi connectivity index (χ2v) is 3.54. The molecule has 1 rings (SSSR count). The van der Waals surface area contributed by atoms with Gasteiger partial charge in [0.25, 0.3) is 0 Å². The maximum absolute atomic E-state index is 9.37. The quantitative estimate of drug-likeness (QED) is 0.742. The van der Waals surface area contributed by atoms with Crippen molar-refractivity contribution < 1.29 is 5.11 Å². The van der Waals surface area contributed by atoms with E-state index < -0.39 is 0 Å². The van der Waals surface area contributed by atoms with Crippen molar-refractivity contribution in [3.63, 3.8) is 0 Å². The van der Waals surface area contributed by atoms with Gasteiger partial charge in [0.1, 0.15) is 0 Å². The Morgan fingerprint density at radius 3 is 2.15 bits per heavy atom. The standard InChI is InChI=1S/C11H17NO/c1-8(9(2)13)11(12)10-6-4-3-5-7-10/h3-9,11,13H,12H2,1-2H3/t8-,9-,11?/m0/s1. The van der Waals surface area contributed by atoms with Gasteiger partial charge in [0.05, 0.1) is 6.10 Å². The fraction of sp³-hybridized carbons (Fsp3) is 0.455. The molecule has 0 spiro atoms. The minimum absolute atomic E-state index is 0.0822. The average Bonchev–Trinajstić information content (AvgIpc) is 2.17. The summed E-state index contributed by atoms with van der Waals surface area (Å²) in [4.78, 5) is 0. The molecule has 0 fully saturated rings. The zero-order valence-electron chi connectivity index (χ0n) is 8.14. The van der Waals surface area contributed by atoms with E-state index in [0.29, 0.717) is 0 Å². The van der Waals surface area contributed by atoms with Crippen LogP contribution in [0.15, 0.2) is 30.3 Å². The predicted molar refractivity (Wildman–Crippen MR) is 54.2 cm³/mol. The van der Waals surface area contributed by atoms with Crippen molar-refractivity contribution in [2.24, 2.45) is 11.7 Å². The Morgan fingerprint density at radius 1 is 1.15 bits per heavy atom. The van der Waals surface area contributed by atoms with Gasteiger partial charge in [-0.2, -0.15) is 0 Å². The summed E-state index contributed by atoms with van der Waals surface area (Å²) in [5.41, 5.74) is 7.06. The molecule has 0 radical (unpaired) electrons. The van der Waals surface area contributed by atoms with Crippen LogP contribution in [0.1, 0.15) is 25.5 Å². The van der Waals surface area contributed by atoms with Gasteiger partial charge in [-0.05, 0) is 12.5 Å². The summed E-state index contributed by atoms with van der Waals surface area (Å²) in [5, 5.41) is 9.37. The number of aliphatic hydroxyl groups is 1. The lowest BCUT2D eigenvalue weighted by atomic mass is 9.92. The van der Waals surface area contributed by atoms with Crippen LogP contribution in [0.3, 0.4) is 0 Å². The Kier molecular flexibility index (Phi) is 3.46. The maximum atomic E-state index is 9.37. The van der Waals surface area contributed by atoms with Gasteiger partial charge in [0.2, 0.25) is 0 Å². The number of nitrogens with two attached hydrogens (primary N) is 1. The molecule has 0 saturated carbocycles. The van der Waals surface area contributed by atoms with E-state index in [0.717, 1.165) is 5.56 Å². The van der Waals surface area contributed by atoms with Gasteiger partial charge < -0.3 is 10.8 Å². The average molecular weight is 179 g/mol. The molecule has 1 aromatic carbocycles. The Morgan fingerprint density at radius 2 is 1.69 bits per heavy atom. The van der Waals surface area contributed by atoms with Crippen LogP contribution in [0.25, 0.3) is 0 Å². The van der Waals surface area contributed by atoms with Crippen LogP contribution >= 0.6 is 0 Å². The maximum Gasteiger partial charge on any atom is 0.0555 e.